The Morgan fingerprint density at radius 3 is 2.31 bits per heavy atom. The molecular weight excluding hydrogens is 204 g/mol. The molecule has 0 heterocycles. The first-order valence-electron chi connectivity index (χ1n) is 6.53. The number of unbranched alkanes of at least 4 members (excludes halogenated alkanes) is 2. The van der Waals surface area contributed by atoms with Crippen LogP contribution in [0.15, 0.2) is 0 Å². The van der Waals surface area contributed by atoms with E-state index in [2.05, 4.69) is 6.92 Å². The summed E-state index contributed by atoms with van der Waals surface area (Å²) in [7, 11) is 0. The molecule has 3 nitrogen and oxygen atoms in total. The summed E-state index contributed by atoms with van der Waals surface area (Å²) < 4.78 is 5.27. The van der Waals surface area contributed by atoms with Crippen molar-refractivity contribution >= 4 is 5.97 Å². The number of ether oxygens (including phenoxy) is 1. The maximum Gasteiger partial charge on any atom is 0.305 e. The molecule has 0 fully saturated rings. The van der Waals surface area contributed by atoms with Crippen molar-refractivity contribution in [1.82, 2.24) is 0 Å². The van der Waals surface area contributed by atoms with Crippen molar-refractivity contribution in [3.05, 3.63) is 0 Å². The number of rotatable bonds is 9. The lowest BCUT2D eigenvalue weighted by Crippen LogP contribution is -2.31. The summed E-state index contributed by atoms with van der Waals surface area (Å²) in [4.78, 5) is 11.2. The first-order valence-corrected chi connectivity index (χ1v) is 6.53. The molecule has 0 aliphatic rings. The molecule has 0 spiro atoms. The zero-order chi connectivity index (χ0) is 12.4. The SMILES string of the molecule is CCCCCC(OC(=O)CC)C(O)CCC. The highest BCUT2D eigenvalue weighted by molar-refractivity contribution is 5.69. The number of aliphatic hydroxyl groups is 1. The van der Waals surface area contributed by atoms with E-state index in [1.807, 2.05) is 6.92 Å². The lowest BCUT2D eigenvalue weighted by molar-refractivity contribution is -0.155. The van der Waals surface area contributed by atoms with Gasteiger partial charge in [0.25, 0.3) is 0 Å². The number of hydrogen-bond donors (Lipinski definition) is 1. The Bertz CT molecular complexity index is 180. The van der Waals surface area contributed by atoms with Crippen LogP contribution in [0.25, 0.3) is 0 Å². The Morgan fingerprint density at radius 1 is 1.12 bits per heavy atom. The van der Waals surface area contributed by atoms with Gasteiger partial charge in [-0.05, 0) is 19.3 Å². The van der Waals surface area contributed by atoms with Gasteiger partial charge in [0.1, 0.15) is 6.10 Å². The quantitative estimate of drug-likeness (QED) is 0.489. The predicted octanol–water partition coefficient (Wildman–Crippen LogP) is 3.05. The largest absolute Gasteiger partial charge is 0.460 e. The van der Waals surface area contributed by atoms with Crippen molar-refractivity contribution in [2.75, 3.05) is 0 Å². The zero-order valence-corrected chi connectivity index (χ0v) is 10.9. The minimum Gasteiger partial charge on any atom is -0.460 e. The van der Waals surface area contributed by atoms with Gasteiger partial charge in [-0.15, -0.1) is 0 Å². The van der Waals surface area contributed by atoms with Gasteiger partial charge in [0, 0.05) is 6.42 Å². The van der Waals surface area contributed by atoms with E-state index in [9.17, 15) is 9.90 Å². The number of carbonyl (C=O) groups excluding carboxylic acids is 1. The number of carbonyl (C=O) groups is 1. The summed E-state index contributed by atoms with van der Waals surface area (Å²) in [5.41, 5.74) is 0. The maximum atomic E-state index is 11.2. The summed E-state index contributed by atoms with van der Waals surface area (Å²) in [6.45, 7) is 5.93. The smallest absolute Gasteiger partial charge is 0.305 e. The summed E-state index contributed by atoms with van der Waals surface area (Å²) in [6, 6.07) is 0. The molecule has 0 bridgehead atoms. The summed E-state index contributed by atoms with van der Waals surface area (Å²) in [6.07, 6.45) is 5.24. The summed E-state index contributed by atoms with van der Waals surface area (Å²) in [5, 5.41) is 9.88. The first kappa shape index (κ1) is 15.4. The van der Waals surface area contributed by atoms with Crippen LogP contribution in [0, 0.1) is 0 Å². The van der Waals surface area contributed by atoms with Gasteiger partial charge >= 0.3 is 5.97 Å². The van der Waals surface area contributed by atoms with Crippen molar-refractivity contribution in [2.45, 2.75) is 77.9 Å². The number of hydrogen-bond acceptors (Lipinski definition) is 3. The molecule has 0 aliphatic carbocycles. The average molecular weight is 230 g/mol. The molecule has 0 aliphatic heterocycles. The third-order valence-corrected chi connectivity index (χ3v) is 2.68. The minimum absolute atomic E-state index is 0.211. The highest BCUT2D eigenvalue weighted by Gasteiger charge is 2.21. The fraction of sp³-hybridized carbons (Fsp3) is 0.923. The molecule has 0 radical (unpaired) electrons. The molecule has 1 N–H and O–H groups in total. The van der Waals surface area contributed by atoms with Crippen molar-refractivity contribution < 1.29 is 14.6 Å². The molecule has 0 amide bonds. The molecule has 0 saturated carbocycles. The predicted molar refractivity (Wildman–Crippen MR) is 65.2 cm³/mol. The van der Waals surface area contributed by atoms with Gasteiger partial charge in [0.15, 0.2) is 0 Å². The van der Waals surface area contributed by atoms with Crippen LogP contribution in [0.1, 0.15) is 65.7 Å². The number of esters is 1. The molecule has 0 aromatic heterocycles. The Labute approximate surface area is 99.2 Å². The van der Waals surface area contributed by atoms with Gasteiger partial charge in [-0.25, -0.2) is 0 Å². The van der Waals surface area contributed by atoms with Crippen LogP contribution in [0.4, 0.5) is 0 Å². The molecule has 0 saturated heterocycles. The molecule has 16 heavy (non-hydrogen) atoms. The fourth-order valence-corrected chi connectivity index (χ4v) is 1.66. The van der Waals surface area contributed by atoms with E-state index in [0.717, 1.165) is 32.1 Å². The summed E-state index contributed by atoms with van der Waals surface area (Å²) in [5.74, 6) is -0.211. The van der Waals surface area contributed by atoms with E-state index in [-0.39, 0.29) is 12.1 Å². The molecule has 0 rings (SSSR count). The van der Waals surface area contributed by atoms with Crippen molar-refractivity contribution in [1.29, 1.82) is 0 Å². The van der Waals surface area contributed by atoms with Gasteiger partial charge in [0.05, 0.1) is 6.10 Å². The van der Waals surface area contributed by atoms with Gasteiger partial charge in [-0.3, -0.25) is 4.79 Å². The molecule has 96 valence electrons. The highest BCUT2D eigenvalue weighted by atomic mass is 16.6. The Morgan fingerprint density at radius 2 is 1.81 bits per heavy atom. The highest BCUT2D eigenvalue weighted by Crippen LogP contribution is 2.15. The monoisotopic (exact) mass is 230 g/mol. The molecule has 2 unspecified atom stereocenters. The molecule has 2 atom stereocenters. The van der Waals surface area contributed by atoms with Crippen molar-refractivity contribution in [2.24, 2.45) is 0 Å². The van der Waals surface area contributed by atoms with E-state index >= 15 is 0 Å². The molecule has 0 aromatic carbocycles. The van der Waals surface area contributed by atoms with E-state index in [0.29, 0.717) is 12.8 Å². The molecular formula is C13H26O3. The zero-order valence-electron chi connectivity index (χ0n) is 10.9. The van der Waals surface area contributed by atoms with Gasteiger partial charge in [-0.1, -0.05) is 40.0 Å². The molecule has 3 heteroatoms. The lowest BCUT2D eigenvalue weighted by Gasteiger charge is -2.22. The van der Waals surface area contributed by atoms with Crippen LogP contribution in [0.3, 0.4) is 0 Å². The Balaban J connectivity index is 4.08. The van der Waals surface area contributed by atoms with Crippen LogP contribution < -0.4 is 0 Å². The normalized spacial score (nSPS) is 14.5. The standard InChI is InChI=1S/C13H26O3/c1-4-7-8-10-12(11(14)9-5-2)16-13(15)6-3/h11-12,14H,4-10H2,1-3H3. The van der Waals surface area contributed by atoms with Crippen LogP contribution in [-0.4, -0.2) is 23.3 Å². The Hall–Kier alpha value is -0.570. The second kappa shape index (κ2) is 9.64. The van der Waals surface area contributed by atoms with Crippen LogP contribution in [-0.2, 0) is 9.53 Å². The average Bonchev–Trinajstić information content (AvgIpc) is 2.28. The van der Waals surface area contributed by atoms with E-state index < -0.39 is 6.10 Å². The van der Waals surface area contributed by atoms with Gasteiger partial charge in [-0.2, -0.15) is 0 Å². The third-order valence-electron chi connectivity index (χ3n) is 2.68. The van der Waals surface area contributed by atoms with Crippen LogP contribution in [0.2, 0.25) is 0 Å². The summed E-state index contributed by atoms with van der Waals surface area (Å²) >= 11 is 0. The third kappa shape index (κ3) is 6.83. The van der Waals surface area contributed by atoms with Crippen LogP contribution in [0.5, 0.6) is 0 Å². The second-order valence-corrected chi connectivity index (χ2v) is 4.23. The van der Waals surface area contributed by atoms with Gasteiger partial charge < -0.3 is 9.84 Å². The van der Waals surface area contributed by atoms with E-state index in [4.69, 9.17) is 4.74 Å². The molecule has 0 aromatic rings. The van der Waals surface area contributed by atoms with Gasteiger partial charge in [0.2, 0.25) is 0 Å². The topological polar surface area (TPSA) is 46.5 Å². The maximum absolute atomic E-state index is 11.2. The van der Waals surface area contributed by atoms with Crippen molar-refractivity contribution in [3.63, 3.8) is 0 Å². The fourth-order valence-electron chi connectivity index (χ4n) is 1.66. The van der Waals surface area contributed by atoms with Crippen molar-refractivity contribution in [3.8, 4) is 0 Å². The number of aliphatic hydroxyl groups excluding tert-OH is 1. The Kier molecular flexibility index (Phi) is 9.30. The van der Waals surface area contributed by atoms with Crippen LogP contribution >= 0.6 is 0 Å². The second-order valence-electron chi connectivity index (χ2n) is 4.23. The van der Waals surface area contributed by atoms with E-state index in [1.54, 1.807) is 6.92 Å². The lowest BCUT2D eigenvalue weighted by atomic mass is 10.0. The minimum atomic E-state index is -0.502. The first-order chi connectivity index (χ1) is 7.65. The van der Waals surface area contributed by atoms with E-state index in [1.165, 1.54) is 0 Å².